The summed E-state index contributed by atoms with van der Waals surface area (Å²) in [6, 6.07) is 9.90. The third-order valence-electron chi connectivity index (χ3n) is 3.18. The number of aliphatic imine (C=N–C) groups is 1. The summed E-state index contributed by atoms with van der Waals surface area (Å²) >= 11 is 0. The van der Waals surface area contributed by atoms with E-state index in [2.05, 4.69) is 22.5 Å². The Labute approximate surface area is 157 Å². The van der Waals surface area contributed by atoms with Crippen molar-refractivity contribution in [2.75, 3.05) is 33.4 Å². The third-order valence-corrected chi connectivity index (χ3v) is 3.18. The number of para-hydroxylation sites is 1. The highest BCUT2D eigenvalue weighted by atomic mass is 127. The van der Waals surface area contributed by atoms with Gasteiger partial charge in [0.25, 0.3) is 0 Å². The highest BCUT2D eigenvalue weighted by molar-refractivity contribution is 14.0. The van der Waals surface area contributed by atoms with Crippen LogP contribution in [0.25, 0.3) is 0 Å². The summed E-state index contributed by atoms with van der Waals surface area (Å²) < 4.78 is 11.3. The summed E-state index contributed by atoms with van der Waals surface area (Å²) in [5, 5.41) is 6.58. The fraction of sp³-hybridized carbons (Fsp3) is 0.588. The summed E-state index contributed by atoms with van der Waals surface area (Å²) in [5.41, 5.74) is 0. The van der Waals surface area contributed by atoms with Gasteiger partial charge in [0.15, 0.2) is 5.96 Å². The first-order valence-corrected chi connectivity index (χ1v) is 8.04. The maximum Gasteiger partial charge on any atom is 0.191 e. The Kier molecular flexibility index (Phi) is 13.9. The predicted octanol–water partition coefficient (Wildman–Crippen LogP) is 3.05. The minimum Gasteiger partial charge on any atom is -0.489 e. The summed E-state index contributed by atoms with van der Waals surface area (Å²) in [6.45, 7) is 7.23. The zero-order chi connectivity index (χ0) is 16.0. The summed E-state index contributed by atoms with van der Waals surface area (Å²) in [5.74, 6) is 1.70. The molecule has 0 bridgehead atoms. The number of hydrogen-bond donors (Lipinski definition) is 2. The monoisotopic (exact) mass is 435 g/mol. The van der Waals surface area contributed by atoms with Gasteiger partial charge in [-0.25, -0.2) is 0 Å². The Balaban J connectivity index is 0.00000484. The van der Waals surface area contributed by atoms with Gasteiger partial charge in [-0.05, 0) is 31.9 Å². The van der Waals surface area contributed by atoms with E-state index < -0.39 is 0 Å². The molecule has 0 aromatic heterocycles. The second kappa shape index (κ2) is 14.6. The van der Waals surface area contributed by atoms with E-state index in [0.717, 1.165) is 50.9 Å². The average Bonchev–Trinajstić information content (AvgIpc) is 2.57. The van der Waals surface area contributed by atoms with Crippen LogP contribution in [0.4, 0.5) is 0 Å². The van der Waals surface area contributed by atoms with E-state index in [0.29, 0.717) is 0 Å². The van der Waals surface area contributed by atoms with Crippen molar-refractivity contribution < 1.29 is 9.47 Å². The lowest BCUT2D eigenvalue weighted by molar-refractivity contribution is 0.145. The normalized spacial score (nSPS) is 12.2. The number of rotatable bonds is 10. The van der Waals surface area contributed by atoms with E-state index in [1.165, 1.54) is 0 Å². The Hall–Kier alpha value is -1.02. The predicted molar refractivity (Wildman–Crippen MR) is 107 cm³/mol. The molecule has 0 aliphatic rings. The Morgan fingerprint density at radius 3 is 2.52 bits per heavy atom. The lowest BCUT2D eigenvalue weighted by Gasteiger charge is -2.20. The molecule has 0 aliphatic heterocycles. The second-order valence-electron chi connectivity index (χ2n) is 4.89. The van der Waals surface area contributed by atoms with Gasteiger partial charge in [-0.2, -0.15) is 0 Å². The zero-order valence-corrected chi connectivity index (χ0v) is 16.7. The van der Waals surface area contributed by atoms with E-state index in [9.17, 15) is 0 Å². The SMILES string of the molecule is CCOCCCNC(=NC)NCC(CC)Oc1ccccc1.I. The molecule has 6 heteroatoms. The number of guanidine groups is 1. The lowest BCUT2D eigenvalue weighted by atomic mass is 10.2. The van der Waals surface area contributed by atoms with Crippen molar-refractivity contribution in [3.05, 3.63) is 30.3 Å². The largest absolute Gasteiger partial charge is 0.489 e. The molecule has 0 aliphatic carbocycles. The number of halogens is 1. The van der Waals surface area contributed by atoms with Crippen LogP contribution in [0.1, 0.15) is 26.7 Å². The smallest absolute Gasteiger partial charge is 0.191 e. The van der Waals surface area contributed by atoms with Crippen molar-refractivity contribution in [2.24, 2.45) is 4.99 Å². The Bertz CT molecular complexity index is 416. The molecule has 2 N–H and O–H groups in total. The van der Waals surface area contributed by atoms with E-state index in [4.69, 9.17) is 9.47 Å². The summed E-state index contributed by atoms with van der Waals surface area (Å²) in [6.07, 6.45) is 2.01. The van der Waals surface area contributed by atoms with Gasteiger partial charge >= 0.3 is 0 Å². The highest BCUT2D eigenvalue weighted by Crippen LogP contribution is 2.11. The molecule has 132 valence electrons. The van der Waals surface area contributed by atoms with Crippen LogP contribution in [-0.4, -0.2) is 45.4 Å². The standard InChI is InChI=1S/C17H29N3O2.HI/c1-4-15(22-16-10-7-6-8-11-16)14-20-17(18-3)19-12-9-13-21-5-2;/h6-8,10-11,15H,4-5,9,12-14H2,1-3H3,(H2,18,19,20);1H. The number of benzene rings is 1. The van der Waals surface area contributed by atoms with Gasteiger partial charge in [0.2, 0.25) is 0 Å². The van der Waals surface area contributed by atoms with Crippen LogP contribution in [0.3, 0.4) is 0 Å². The Morgan fingerprint density at radius 1 is 1.17 bits per heavy atom. The summed E-state index contributed by atoms with van der Waals surface area (Å²) in [7, 11) is 1.77. The van der Waals surface area contributed by atoms with Crippen molar-refractivity contribution in [1.29, 1.82) is 0 Å². The van der Waals surface area contributed by atoms with E-state index in [1.807, 2.05) is 37.3 Å². The third kappa shape index (κ3) is 10.4. The minimum absolute atomic E-state index is 0. The van der Waals surface area contributed by atoms with Gasteiger partial charge in [-0.15, -0.1) is 24.0 Å². The first-order valence-electron chi connectivity index (χ1n) is 8.04. The maximum atomic E-state index is 5.95. The van der Waals surface area contributed by atoms with Gasteiger partial charge in [0, 0.05) is 26.8 Å². The quantitative estimate of drug-likeness (QED) is 0.257. The van der Waals surface area contributed by atoms with Crippen LogP contribution >= 0.6 is 24.0 Å². The lowest BCUT2D eigenvalue weighted by Crippen LogP contribution is -2.42. The molecule has 0 heterocycles. The van der Waals surface area contributed by atoms with Gasteiger partial charge in [-0.1, -0.05) is 25.1 Å². The highest BCUT2D eigenvalue weighted by Gasteiger charge is 2.09. The fourth-order valence-electron chi connectivity index (χ4n) is 1.92. The molecule has 1 unspecified atom stereocenters. The van der Waals surface area contributed by atoms with Crippen molar-refractivity contribution in [3.8, 4) is 5.75 Å². The van der Waals surface area contributed by atoms with Crippen molar-refractivity contribution in [2.45, 2.75) is 32.8 Å². The van der Waals surface area contributed by atoms with Crippen molar-refractivity contribution in [3.63, 3.8) is 0 Å². The van der Waals surface area contributed by atoms with Crippen LogP contribution in [0.2, 0.25) is 0 Å². The molecule has 0 fully saturated rings. The van der Waals surface area contributed by atoms with Gasteiger partial charge in [-0.3, -0.25) is 4.99 Å². The van der Waals surface area contributed by atoms with Gasteiger partial charge in [0.1, 0.15) is 11.9 Å². The van der Waals surface area contributed by atoms with Crippen LogP contribution < -0.4 is 15.4 Å². The van der Waals surface area contributed by atoms with Gasteiger partial charge in [0.05, 0.1) is 6.54 Å². The van der Waals surface area contributed by atoms with Crippen LogP contribution in [0.15, 0.2) is 35.3 Å². The van der Waals surface area contributed by atoms with Crippen molar-refractivity contribution in [1.82, 2.24) is 10.6 Å². The molecule has 0 saturated heterocycles. The zero-order valence-electron chi connectivity index (χ0n) is 14.4. The molecule has 0 radical (unpaired) electrons. The topological polar surface area (TPSA) is 54.9 Å². The van der Waals surface area contributed by atoms with Crippen LogP contribution in [0.5, 0.6) is 5.75 Å². The minimum atomic E-state index is 0. The number of ether oxygens (including phenoxy) is 2. The molecular formula is C17H30IN3O2. The van der Waals surface area contributed by atoms with Crippen LogP contribution in [-0.2, 0) is 4.74 Å². The molecule has 5 nitrogen and oxygen atoms in total. The number of hydrogen-bond acceptors (Lipinski definition) is 3. The molecule has 0 amide bonds. The maximum absolute atomic E-state index is 5.95. The van der Waals surface area contributed by atoms with E-state index >= 15 is 0 Å². The molecule has 1 aromatic rings. The average molecular weight is 435 g/mol. The Morgan fingerprint density at radius 2 is 1.91 bits per heavy atom. The summed E-state index contributed by atoms with van der Waals surface area (Å²) in [4.78, 5) is 4.22. The molecular weight excluding hydrogens is 405 g/mol. The van der Waals surface area contributed by atoms with Gasteiger partial charge < -0.3 is 20.1 Å². The molecule has 23 heavy (non-hydrogen) atoms. The van der Waals surface area contributed by atoms with Crippen molar-refractivity contribution >= 4 is 29.9 Å². The van der Waals surface area contributed by atoms with E-state index in [-0.39, 0.29) is 30.1 Å². The molecule has 0 saturated carbocycles. The number of nitrogens with one attached hydrogen (secondary N) is 2. The first kappa shape index (κ1) is 22.0. The van der Waals surface area contributed by atoms with E-state index in [1.54, 1.807) is 7.05 Å². The molecule has 1 atom stereocenters. The number of nitrogens with zero attached hydrogens (tertiary/aromatic N) is 1. The molecule has 1 rings (SSSR count). The second-order valence-corrected chi connectivity index (χ2v) is 4.89. The molecule has 0 spiro atoms. The first-order chi connectivity index (χ1) is 10.8. The van der Waals surface area contributed by atoms with Crippen LogP contribution in [0, 0.1) is 0 Å². The fourth-order valence-corrected chi connectivity index (χ4v) is 1.92. The molecule has 1 aromatic carbocycles.